The van der Waals surface area contributed by atoms with Crippen molar-refractivity contribution in [2.24, 2.45) is 5.73 Å². The van der Waals surface area contributed by atoms with Gasteiger partial charge in [0.05, 0.1) is 0 Å². The molecule has 0 aliphatic heterocycles. The van der Waals surface area contributed by atoms with E-state index in [-0.39, 0.29) is 0 Å². The molecule has 16 heavy (non-hydrogen) atoms. The van der Waals surface area contributed by atoms with Crippen LogP contribution in [0, 0.1) is 0 Å². The maximum atomic E-state index is 5.56. The van der Waals surface area contributed by atoms with Gasteiger partial charge in [0.1, 0.15) is 0 Å². The van der Waals surface area contributed by atoms with Crippen LogP contribution in [0.4, 0.5) is 0 Å². The Morgan fingerprint density at radius 1 is 1.25 bits per heavy atom. The third-order valence-electron chi connectivity index (χ3n) is 2.99. The fourth-order valence-corrected chi connectivity index (χ4v) is 2.09. The largest absolute Gasteiger partial charge is 0.330 e. The standard InChI is InChI=1S/C14H24N2/c1-3-8-14(16(2)12-7-11-15)13-9-5-4-6-10-13/h4-6,9-10,14H,3,7-8,11-12,15H2,1-2H3. The number of benzene rings is 1. The molecular weight excluding hydrogens is 196 g/mol. The van der Waals surface area contributed by atoms with Gasteiger partial charge in [0.2, 0.25) is 0 Å². The van der Waals surface area contributed by atoms with Crippen LogP contribution in [-0.4, -0.2) is 25.0 Å². The molecule has 2 nitrogen and oxygen atoms in total. The van der Waals surface area contributed by atoms with Gasteiger partial charge in [-0.15, -0.1) is 0 Å². The highest BCUT2D eigenvalue weighted by molar-refractivity contribution is 5.18. The lowest BCUT2D eigenvalue weighted by molar-refractivity contribution is 0.230. The molecule has 1 aromatic rings. The molecule has 0 aromatic heterocycles. The van der Waals surface area contributed by atoms with E-state index in [9.17, 15) is 0 Å². The molecule has 2 heteroatoms. The van der Waals surface area contributed by atoms with E-state index in [1.807, 2.05) is 0 Å². The molecule has 1 atom stereocenters. The Labute approximate surface area is 99.5 Å². The average molecular weight is 220 g/mol. The van der Waals surface area contributed by atoms with Gasteiger partial charge in [0.15, 0.2) is 0 Å². The van der Waals surface area contributed by atoms with E-state index in [4.69, 9.17) is 5.73 Å². The quantitative estimate of drug-likeness (QED) is 0.765. The van der Waals surface area contributed by atoms with Gasteiger partial charge in [0, 0.05) is 6.04 Å². The van der Waals surface area contributed by atoms with Gasteiger partial charge < -0.3 is 5.73 Å². The van der Waals surface area contributed by atoms with Crippen LogP contribution in [-0.2, 0) is 0 Å². The maximum absolute atomic E-state index is 5.56. The zero-order chi connectivity index (χ0) is 11.8. The zero-order valence-corrected chi connectivity index (χ0v) is 10.5. The molecule has 0 aliphatic rings. The third-order valence-corrected chi connectivity index (χ3v) is 2.99. The van der Waals surface area contributed by atoms with Crippen molar-refractivity contribution >= 4 is 0 Å². The molecule has 0 saturated carbocycles. The summed E-state index contributed by atoms with van der Waals surface area (Å²) in [5.74, 6) is 0. The van der Waals surface area contributed by atoms with Crippen molar-refractivity contribution in [3.05, 3.63) is 35.9 Å². The monoisotopic (exact) mass is 220 g/mol. The molecule has 1 aromatic carbocycles. The summed E-state index contributed by atoms with van der Waals surface area (Å²) in [5.41, 5.74) is 6.98. The van der Waals surface area contributed by atoms with E-state index in [2.05, 4.69) is 49.2 Å². The smallest absolute Gasteiger partial charge is 0.0344 e. The summed E-state index contributed by atoms with van der Waals surface area (Å²) in [5, 5.41) is 0. The summed E-state index contributed by atoms with van der Waals surface area (Å²) in [6.07, 6.45) is 3.50. The van der Waals surface area contributed by atoms with Crippen LogP contribution in [0.3, 0.4) is 0 Å². The second-order valence-corrected chi connectivity index (χ2v) is 4.34. The lowest BCUT2D eigenvalue weighted by Crippen LogP contribution is -2.27. The topological polar surface area (TPSA) is 29.3 Å². The van der Waals surface area contributed by atoms with E-state index in [0.29, 0.717) is 6.04 Å². The van der Waals surface area contributed by atoms with Crippen LogP contribution >= 0.6 is 0 Å². The molecule has 0 radical (unpaired) electrons. The number of nitrogens with two attached hydrogens (primary N) is 1. The summed E-state index contributed by atoms with van der Waals surface area (Å²) < 4.78 is 0. The van der Waals surface area contributed by atoms with E-state index in [1.54, 1.807) is 0 Å². The van der Waals surface area contributed by atoms with Gasteiger partial charge in [-0.1, -0.05) is 43.7 Å². The van der Waals surface area contributed by atoms with Gasteiger partial charge in [-0.3, -0.25) is 4.90 Å². The predicted octanol–water partition coefficient (Wildman–Crippen LogP) is 2.81. The molecule has 1 rings (SSSR count). The highest BCUT2D eigenvalue weighted by Gasteiger charge is 2.14. The van der Waals surface area contributed by atoms with E-state index in [0.717, 1.165) is 19.5 Å². The van der Waals surface area contributed by atoms with Gasteiger partial charge in [-0.05, 0) is 38.5 Å². The van der Waals surface area contributed by atoms with Crippen LogP contribution in [0.2, 0.25) is 0 Å². The van der Waals surface area contributed by atoms with Gasteiger partial charge in [0.25, 0.3) is 0 Å². The van der Waals surface area contributed by atoms with E-state index < -0.39 is 0 Å². The van der Waals surface area contributed by atoms with E-state index in [1.165, 1.54) is 18.4 Å². The fraction of sp³-hybridized carbons (Fsp3) is 0.571. The van der Waals surface area contributed by atoms with Crippen LogP contribution < -0.4 is 5.73 Å². The Morgan fingerprint density at radius 3 is 2.50 bits per heavy atom. The van der Waals surface area contributed by atoms with Gasteiger partial charge in [-0.2, -0.15) is 0 Å². The van der Waals surface area contributed by atoms with Crippen LogP contribution in [0.25, 0.3) is 0 Å². The summed E-state index contributed by atoms with van der Waals surface area (Å²) >= 11 is 0. The molecule has 1 unspecified atom stereocenters. The summed E-state index contributed by atoms with van der Waals surface area (Å²) in [6, 6.07) is 11.3. The van der Waals surface area contributed by atoms with Crippen LogP contribution in [0.1, 0.15) is 37.8 Å². The minimum atomic E-state index is 0.540. The third kappa shape index (κ3) is 3.95. The Hall–Kier alpha value is -0.860. The number of hydrogen-bond donors (Lipinski definition) is 1. The van der Waals surface area contributed by atoms with Crippen molar-refractivity contribution in [2.45, 2.75) is 32.2 Å². The molecule has 0 fully saturated rings. The molecule has 0 bridgehead atoms. The molecule has 0 aliphatic carbocycles. The minimum Gasteiger partial charge on any atom is -0.330 e. The molecule has 0 heterocycles. The summed E-state index contributed by atoms with van der Waals surface area (Å²) in [7, 11) is 2.20. The fourth-order valence-electron chi connectivity index (χ4n) is 2.09. The Bertz CT molecular complexity index is 271. The van der Waals surface area contributed by atoms with Gasteiger partial charge in [-0.25, -0.2) is 0 Å². The SMILES string of the molecule is CCCC(c1ccccc1)N(C)CCCN. The zero-order valence-electron chi connectivity index (χ0n) is 10.5. The average Bonchev–Trinajstić information content (AvgIpc) is 2.34. The lowest BCUT2D eigenvalue weighted by Gasteiger charge is -2.28. The Kier molecular flexibility index (Phi) is 6.12. The minimum absolute atomic E-state index is 0.540. The van der Waals surface area contributed by atoms with Crippen molar-refractivity contribution in [1.29, 1.82) is 0 Å². The number of rotatable bonds is 7. The summed E-state index contributed by atoms with van der Waals surface area (Å²) in [4.78, 5) is 2.42. The maximum Gasteiger partial charge on any atom is 0.0344 e. The van der Waals surface area contributed by atoms with Crippen molar-refractivity contribution in [2.75, 3.05) is 20.1 Å². The van der Waals surface area contributed by atoms with Crippen molar-refractivity contribution in [1.82, 2.24) is 4.90 Å². The van der Waals surface area contributed by atoms with Crippen LogP contribution in [0.15, 0.2) is 30.3 Å². The first-order chi connectivity index (χ1) is 7.79. The van der Waals surface area contributed by atoms with E-state index >= 15 is 0 Å². The first-order valence-electron chi connectivity index (χ1n) is 6.24. The highest BCUT2D eigenvalue weighted by Crippen LogP contribution is 2.24. The first kappa shape index (κ1) is 13.2. The predicted molar refractivity (Wildman–Crippen MR) is 70.4 cm³/mol. The molecule has 0 spiro atoms. The molecule has 0 saturated heterocycles. The second kappa shape index (κ2) is 7.42. The Morgan fingerprint density at radius 2 is 1.94 bits per heavy atom. The Balaban J connectivity index is 2.66. The van der Waals surface area contributed by atoms with Gasteiger partial charge >= 0.3 is 0 Å². The van der Waals surface area contributed by atoms with Crippen molar-refractivity contribution in [3.63, 3.8) is 0 Å². The summed E-state index contributed by atoms with van der Waals surface area (Å²) in [6.45, 7) is 4.10. The normalized spacial score (nSPS) is 13.0. The number of nitrogens with zero attached hydrogens (tertiary/aromatic N) is 1. The first-order valence-corrected chi connectivity index (χ1v) is 6.24. The molecule has 90 valence electrons. The lowest BCUT2D eigenvalue weighted by atomic mass is 10.0. The van der Waals surface area contributed by atoms with Crippen molar-refractivity contribution < 1.29 is 0 Å². The molecule has 0 amide bonds. The number of hydrogen-bond acceptors (Lipinski definition) is 2. The van der Waals surface area contributed by atoms with Crippen molar-refractivity contribution in [3.8, 4) is 0 Å². The second-order valence-electron chi connectivity index (χ2n) is 4.34. The molecule has 2 N–H and O–H groups in total. The van der Waals surface area contributed by atoms with Crippen LogP contribution in [0.5, 0.6) is 0 Å². The molecular formula is C14H24N2. The highest BCUT2D eigenvalue weighted by atomic mass is 15.1.